The maximum absolute atomic E-state index is 14.0. The van der Waals surface area contributed by atoms with Crippen LogP contribution in [0.3, 0.4) is 0 Å². The second-order valence-corrected chi connectivity index (χ2v) is 7.20. The predicted octanol–water partition coefficient (Wildman–Crippen LogP) is 3.54. The first-order valence-corrected chi connectivity index (χ1v) is 9.28. The summed E-state index contributed by atoms with van der Waals surface area (Å²) in [5.74, 6) is -0.710. The fraction of sp³-hybridized carbons (Fsp3) is 0.300. The van der Waals surface area contributed by atoms with Gasteiger partial charge in [0.2, 0.25) is 5.91 Å². The predicted molar refractivity (Wildman–Crippen MR) is 103 cm³/mol. The van der Waals surface area contributed by atoms with Crippen molar-refractivity contribution in [3.05, 3.63) is 65.5 Å². The number of Topliss-reactive ketones (excluding diaryl/α,β-unsaturated/α-hetero) is 1. The number of nitrogens with one attached hydrogen (secondary N) is 1. The Bertz CT molecular complexity index is 766. The molecule has 0 aliphatic rings. The van der Waals surface area contributed by atoms with E-state index in [0.29, 0.717) is 17.0 Å². The molecule has 2 aromatic rings. The molecule has 0 aliphatic heterocycles. The molecule has 2 rings (SSSR count). The minimum atomic E-state index is -0.481. The lowest BCUT2D eigenvalue weighted by Gasteiger charge is -2.25. The van der Waals surface area contributed by atoms with Crippen molar-refractivity contribution in [2.75, 3.05) is 26.4 Å². The zero-order valence-electron chi connectivity index (χ0n) is 15.2. The van der Waals surface area contributed by atoms with Crippen molar-refractivity contribution in [3.63, 3.8) is 0 Å². The molecule has 0 heterocycles. The Labute approximate surface area is 157 Å². The SMILES string of the molecule is CC(=O)c1ccc(SCC(=O)NCC(c2ccccc2)N(C)C)c(F)c1. The smallest absolute Gasteiger partial charge is 0.230 e. The number of carbonyl (C=O) groups is 2. The maximum atomic E-state index is 14.0. The number of likely N-dealkylation sites (N-methyl/N-ethyl adjacent to an activating group) is 1. The molecule has 0 bridgehead atoms. The summed E-state index contributed by atoms with van der Waals surface area (Å²) < 4.78 is 14.0. The van der Waals surface area contributed by atoms with Crippen LogP contribution >= 0.6 is 11.8 Å². The third-order valence-corrected chi connectivity index (χ3v) is 5.05. The zero-order valence-corrected chi connectivity index (χ0v) is 16.0. The van der Waals surface area contributed by atoms with Crippen molar-refractivity contribution in [1.29, 1.82) is 0 Å². The Balaban J connectivity index is 1.89. The average molecular weight is 374 g/mol. The summed E-state index contributed by atoms with van der Waals surface area (Å²) in [6.45, 7) is 1.87. The van der Waals surface area contributed by atoms with Gasteiger partial charge in [0.05, 0.1) is 11.8 Å². The van der Waals surface area contributed by atoms with Gasteiger partial charge in [0, 0.05) is 17.0 Å². The molecule has 1 amide bonds. The largest absolute Gasteiger partial charge is 0.353 e. The Morgan fingerprint density at radius 1 is 1.15 bits per heavy atom. The van der Waals surface area contributed by atoms with Gasteiger partial charge in [-0.2, -0.15) is 0 Å². The van der Waals surface area contributed by atoms with Crippen molar-refractivity contribution in [3.8, 4) is 0 Å². The minimum absolute atomic E-state index is 0.0664. The highest BCUT2D eigenvalue weighted by atomic mass is 32.2. The summed E-state index contributed by atoms with van der Waals surface area (Å²) in [6.07, 6.45) is 0. The van der Waals surface area contributed by atoms with Crippen LogP contribution in [0.4, 0.5) is 4.39 Å². The van der Waals surface area contributed by atoms with E-state index in [-0.39, 0.29) is 23.5 Å². The Morgan fingerprint density at radius 3 is 2.42 bits per heavy atom. The molecule has 26 heavy (non-hydrogen) atoms. The number of benzene rings is 2. The molecule has 0 saturated heterocycles. The van der Waals surface area contributed by atoms with E-state index in [9.17, 15) is 14.0 Å². The van der Waals surface area contributed by atoms with Gasteiger partial charge in [0.1, 0.15) is 5.82 Å². The monoisotopic (exact) mass is 374 g/mol. The highest BCUT2D eigenvalue weighted by Gasteiger charge is 2.15. The third-order valence-electron chi connectivity index (χ3n) is 4.00. The number of carbonyl (C=O) groups excluding carboxylic acids is 2. The highest BCUT2D eigenvalue weighted by Crippen LogP contribution is 2.23. The van der Waals surface area contributed by atoms with Crippen LogP contribution in [-0.2, 0) is 4.79 Å². The molecule has 0 aromatic heterocycles. The Kier molecular flexibility index (Phi) is 7.36. The lowest BCUT2D eigenvalue weighted by atomic mass is 10.1. The molecule has 0 radical (unpaired) electrons. The summed E-state index contributed by atoms with van der Waals surface area (Å²) in [5.41, 5.74) is 1.45. The topological polar surface area (TPSA) is 49.4 Å². The first-order chi connectivity index (χ1) is 12.4. The zero-order chi connectivity index (χ0) is 19.1. The number of halogens is 1. The van der Waals surface area contributed by atoms with Crippen molar-refractivity contribution in [2.45, 2.75) is 17.9 Å². The van der Waals surface area contributed by atoms with E-state index >= 15 is 0 Å². The highest BCUT2D eigenvalue weighted by molar-refractivity contribution is 8.00. The van der Waals surface area contributed by atoms with Crippen LogP contribution in [0.1, 0.15) is 28.9 Å². The number of amides is 1. The number of nitrogens with zero attached hydrogens (tertiary/aromatic N) is 1. The molecular weight excluding hydrogens is 351 g/mol. The van der Waals surface area contributed by atoms with Gasteiger partial charge >= 0.3 is 0 Å². The number of ketones is 1. The Morgan fingerprint density at radius 2 is 1.85 bits per heavy atom. The van der Waals surface area contributed by atoms with Crippen LogP contribution in [0.5, 0.6) is 0 Å². The number of hydrogen-bond donors (Lipinski definition) is 1. The summed E-state index contributed by atoms with van der Waals surface area (Å²) >= 11 is 1.12. The molecular formula is C20H23FN2O2S. The van der Waals surface area contributed by atoms with E-state index in [1.165, 1.54) is 19.1 Å². The van der Waals surface area contributed by atoms with Crippen molar-refractivity contribution in [1.82, 2.24) is 10.2 Å². The van der Waals surface area contributed by atoms with Crippen LogP contribution in [0, 0.1) is 5.82 Å². The van der Waals surface area contributed by atoms with Crippen LogP contribution in [0.15, 0.2) is 53.4 Å². The molecule has 0 aliphatic carbocycles. The maximum Gasteiger partial charge on any atom is 0.230 e. The Hall–Kier alpha value is -2.18. The molecule has 2 aromatic carbocycles. The molecule has 6 heteroatoms. The summed E-state index contributed by atoms with van der Waals surface area (Å²) in [7, 11) is 3.93. The molecule has 1 N–H and O–H groups in total. The van der Waals surface area contributed by atoms with E-state index in [1.807, 2.05) is 49.3 Å². The second-order valence-electron chi connectivity index (χ2n) is 6.18. The van der Waals surface area contributed by atoms with Gasteiger partial charge in [-0.3, -0.25) is 9.59 Å². The first kappa shape index (κ1) is 20.1. The van der Waals surface area contributed by atoms with Crippen LogP contribution in [0.2, 0.25) is 0 Å². The van der Waals surface area contributed by atoms with E-state index < -0.39 is 5.82 Å². The minimum Gasteiger partial charge on any atom is -0.353 e. The van der Waals surface area contributed by atoms with Gasteiger partial charge in [-0.15, -0.1) is 11.8 Å². The fourth-order valence-electron chi connectivity index (χ4n) is 2.52. The molecule has 4 nitrogen and oxygen atoms in total. The summed E-state index contributed by atoms with van der Waals surface area (Å²) in [4.78, 5) is 25.8. The van der Waals surface area contributed by atoms with Gasteiger partial charge in [0.25, 0.3) is 0 Å². The van der Waals surface area contributed by atoms with Gasteiger partial charge in [-0.05, 0) is 38.7 Å². The normalized spacial score (nSPS) is 12.0. The molecule has 138 valence electrons. The van der Waals surface area contributed by atoms with E-state index in [0.717, 1.165) is 17.3 Å². The van der Waals surface area contributed by atoms with Crippen molar-refractivity contribution < 1.29 is 14.0 Å². The average Bonchev–Trinajstić information content (AvgIpc) is 2.61. The molecule has 1 unspecified atom stereocenters. The lowest BCUT2D eigenvalue weighted by molar-refractivity contribution is -0.118. The van der Waals surface area contributed by atoms with E-state index in [4.69, 9.17) is 0 Å². The van der Waals surface area contributed by atoms with Crippen LogP contribution < -0.4 is 5.32 Å². The van der Waals surface area contributed by atoms with E-state index in [1.54, 1.807) is 6.07 Å². The fourth-order valence-corrected chi connectivity index (χ4v) is 3.27. The molecule has 0 fully saturated rings. The third kappa shape index (κ3) is 5.68. The molecule has 0 saturated carbocycles. The number of hydrogen-bond acceptors (Lipinski definition) is 4. The summed E-state index contributed by atoms with van der Waals surface area (Å²) in [5, 5.41) is 2.90. The molecule has 1 atom stereocenters. The van der Waals surface area contributed by atoms with Gasteiger partial charge in [-0.25, -0.2) is 4.39 Å². The van der Waals surface area contributed by atoms with Gasteiger partial charge in [0.15, 0.2) is 5.78 Å². The second kappa shape index (κ2) is 9.50. The summed E-state index contributed by atoms with van der Waals surface area (Å²) in [6, 6.07) is 14.3. The van der Waals surface area contributed by atoms with Gasteiger partial charge < -0.3 is 10.2 Å². The van der Waals surface area contributed by atoms with Gasteiger partial charge in [-0.1, -0.05) is 36.4 Å². The van der Waals surface area contributed by atoms with Crippen LogP contribution in [0.25, 0.3) is 0 Å². The lowest BCUT2D eigenvalue weighted by Crippen LogP contribution is -2.35. The van der Waals surface area contributed by atoms with Crippen LogP contribution in [-0.4, -0.2) is 43.0 Å². The van der Waals surface area contributed by atoms with Crippen molar-refractivity contribution >= 4 is 23.5 Å². The molecule has 0 spiro atoms. The quantitative estimate of drug-likeness (QED) is 0.567. The van der Waals surface area contributed by atoms with E-state index in [2.05, 4.69) is 5.32 Å². The standard InChI is InChI=1S/C20H23FN2O2S/c1-14(24)16-9-10-19(17(21)11-16)26-13-20(25)22-12-18(23(2)3)15-7-5-4-6-8-15/h4-11,18H,12-13H2,1-3H3,(H,22,25). The number of rotatable bonds is 8. The van der Waals surface area contributed by atoms with Crippen molar-refractivity contribution in [2.24, 2.45) is 0 Å². The number of thioether (sulfide) groups is 1. The first-order valence-electron chi connectivity index (χ1n) is 8.30.